The number of rotatable bonds is 9. The highest BCUT2D eigenvalue weighted by atomic mass is 32.2. The van der Waals surface area contributed by atoms with Crippen LogP contribution in [0.4, 0.5) is 10.4 Å². The van der Waals surface area contributed by atoms with Gasteiger partial charge in [-0.1, -0.05) is 18.1 Å². The van der Waals surface area contributed by atoms with Crippen LogP contribution in [0, 0.1) is 23.6 Å². The molecule has 1 aromatic heterocycles. The lowest BCUT2D eigenvalue weighted by Crippen LogP contribution is -2.34. The quantitative estimate of drug-likeness (QED) is 0.557. The van der Waals surface area contributed by atoms with Gasteiger partial charge in [0.05, 0.1) is 19.0 Å². The topological polar surface area (TPSA) is 85.5 Å². The van der Waals surface area contributed by atoms with Gasteiger partial charge in [0.15, 0.2) is 15.7 Å². The fraction of sp³-hybridized carbons (Fsp3) is 0.652. The number of hydrogen-bond donors (Lipinski definition) is 0. The van der Waals surface area contributed by atoms with Crippen LogP contribution in [-0.4, -0.2) is 44.0 Å². The number of nitrogens with zero attached hydrogens (tertiary/aromatic N) is 3. The Morgan fingerprint density at radius 2 is 2.00 bits per heavy atom. The van der Waals surface area contributed by atoms with E-state index in [1.807, 2.05) is 0 Å². The number of halogens is 1. The first-order valence-electron chi connectivity index (χ1n) is 11.6. The molecule has 2 atom stereocenters. The molecule has 3 aliphatic rings. The summed E-state index contributed by atoms with van der Waals surface area (Å²) < 4.78 is 49.2. The van der Waals surface area contributed by atoms with E-state index in [-0.39, 0.29) is 10.6 Å². The second-order valence-corrected chi connectivity index (χ2v) is 11.6. The summed E-state index contributed by atoms with van der Waals surface area (Å²) in [6.07, 6.45) is 5.78. The van der Waals surface area contributed by atoms with Crippen molar-refractivity contribution in [1.29, 1.82) is 0 Å². The minimum atomic E-state index is -3.54. The lowest BCUT2D eigenvalue weighted by Gasteiger charge is -2.30. The van der Waals surface area contributed by atoms with Gasteiger partial charge in [-0.15, -0.1) is 0 Å². The molecule has 1 aliphatic heterocycles. The molecule has 7 nitrogen and oxygen atoms in total. The van der Waals surface area contributed by atoms with Gasteiger partial charge in [0, 0.05) is 19.0 Å². The normalized spacial score (nSPS) is 24.1. The standard InChI is InChI=1S/C23H30FN3O4S/c1-2-32(28,29)21-6-3-15(11-20(21)24)13-30-14-18-12-19(18)16-7-9-27(10-8-16)23-25-22(26-31-23)17-4-5-17/h3,6,11,16-19H,2,4-5,7-10,12-14H2,1H3. The van der Waals surface area contributed by atoms with E-state index in [0.717, 1.165) is 31.8 Å². The minimum absolute atomic E-state index is 0.113. The summed E-state index contributed by atoms with van der Waals surface area (Å²) in [5.74, 6) is 2.50. The Hall–Kier alpha value is -2.00. The summed E-state index contributed by atoms with van der Waals surface area (Å²) in [6, 6.07) is 4.93. The fourth-order valence-corrected chi connectivity index (χ4v) is 5.73. The van der Waals surface area contributed by atoms with Crippen molar-refractivity contribution in [2.75, 3.05) is 30.3 Å². The lowest BCUT2D eigenvalue weighted by atomic mass is 9.91. The Labute approximate surface area is 188 Å². The van der Waals surface area contributed by atoms with E-state index in [9.17, 15) is 12.8 Å². The highest BCUT2D eigenvalue weighted by Gasteiger charge is 2.44. The first-order chi connectivity index (χ1) is 15.4. The van der Waals surface area contributed by atoms with Crippen molar-refractivity contribution in [2.45, 2.75) is 56.4 Å². The number of aromatic nitrogens is 2. The Kier molecular flexibility index (Phi) is 5.96. The smallest absolute Gasteiger partial charge is 0.324 e. The highest BCUT2D eigenvalue weighted by molar-refractivity contribution is 7.91. The molecule has 0 radical (unpaired) electrons. The Bertz CT molecular complexity index is 1060. The first kappa shape index (κ1) is 21.8. The molecule has 1 aromatic carbocycles. The van der Waals surface area contributed by atoms with Gasteiger partial charge in [0.1, 0.15) is 10.7 Å². The molecule has 1 saturated heterocycles. The lowest BCUT2D eigenvalue weighted by molar-refractivity contribution is 0.104. The van der Waals surface area contributed by atoms with E-state index >= 15 is 0 Å². The van der Waals surface area contributed by atoms with Crippen LogP contribution in [0.2, 0.25) is 0 Å². The molecule has 2 aromatic rings. The van der Waals surface area contributed by atoms with Crippen molar-refractivity contribution in [3.05, 3.63) is 35.4 Å². The average Bonchev–Trinajstić information content (AvgIpc) is 3.72. The van der Waals surface area contributed by atoms with Crippen molar-refractivity contribution < 1.29 is 22.1 Å². The predicted molar refractivity (Wildman–Crippen MR) is 117 cm³/mol. The molecule has 0 amide bonds. The second-order valence-electron chi connectivity index (χ2n) is 9.38. The van der Waals surface area contributed by atoms with Gasteiger partial charge in [-0.2, -0.15) is 4.98 Å². The van der Waals surface area contributed by atoms with Crippen LogP contribution < -0.4 is 4.90 Å². The molecule has 174 valence electrons. The Balaban J connectivity index is 1.05. The Morgan fingerprint density at radius 3 is 2.69 bits per heavy atom. The predicted octanol–water partition coefficient (Wildman–Crippen LogP) is 3.95. The first-order valence-corrected chi connectivity index (χ1v) is 13.3. The summed E-state index contributed by atoms with van der Waals surface area (Å²) in [5.41, 5.74) is 0.660. The van der Waals surface area contributed by atoms with Crippen molar-refractivity contribution in [3.8, 4) is 0 Å². The third-order valence-corrected chi connectivity index (χ3v) is 8.84. The molecule has 32 heavy (non-hydrogen) atoms. The van der Waals surface area contributed by atoms with Crippen LogP contribution in [0.1, 0.15) is 56.3 Å². The molecule has 5 rings (SSSR count). The summed E-state index contributed by atoms with van der Waals surface area (Å²) >= 11 is 0. The van der Waals surface area contributed by atoms with E-state index in [2.05, 4.69) is 15.0 Å². The summed E-state index contributed by atoms with van der Waals surface area (Å²) in [5, 5.41) is 4.12. The molecular weight excluding hydrogens is 433 g/mol. The van der Waals surface area contributed by atoms with Crippen LogP contribution in [0.3, 0.4) is 0 Å². The third kappa shape index (κ3) is 4.69. The fourth-order valence-electron chi connectivity index (χ4n) is 4.79. The number of ether oxygens (including phenoxy) is 1. The molecule has 0 bridgehead atoms. The maximum Gasteiger partial charge on any atom is 0.324 e. The van der Waals surface area contributed by atoms with Gasteiger partial charge in [-0.25, -0.2) is 12.8 Å². The summed E-state index contributed by atoms with van der Waals surface area (Å²) in [4.78, 5) is 6.54. The van der Waals surface area contributed by atoms with E-state index < -0.39 is 15.7 Å². The molecular formula is C23H30FN3O4S. The number of sulfone groups is 1. The molecule has 0 spiro atoms. The zero-order valence-electron chi connectivity index (χ0n) is 18.4. The zero-order chi connectivity index (χ0) is 22.3. The number of piperidine rings is 1. The van der Waals surface area contributed by atoms with E-state index in [0.29, 0.717) is 48.5 Å². The molecule has 2 heterocycles. The van der Waals surface area contributed by atoms with Gasteiger partial charge in [-0.3, -0.25) is 0 Å². The van der Waals surface area contributed by atoms with E-state index in [1.165, 1.54) is 38.3 Å². The summed E-state index contributed by atoms with van der Waals surface area (Å²) in [6.45, 7) is 4.37. The molecule has 9 heteroatoms. The largest absolute Gasteiger partial charge is 0.376 e. The van der Waals surface area contributed by atoms with Gasteiger partial charge < -0.3 is 14.2 Å². The molecule has 2 unspecified atom stereocenters. The van der Waals surface area contributed by atoms with Crippen LogP contribution in [0.25, 0.3) is 0 Å². The highest BCUT2D eigenvalue weighted by Crippen LogP contribution is 2.48. The maximum absolute atomic E-state index is 14.2. The number of anilines is 1. The van der Waals surface area contributed by atoms with Gasteiger partial charge in [0.2, 0.25) is 0 Å². The number of benzene rings is 1. The van der Waals surface area contributed by atoms with Crippen LogP contribution in [0.15, 0.2) is 27.6 Å². The van der Waals surface area contributed by atoms with Crippen molar-refractivity contribution in [3.63, 3.8) is 0 Å². The van der Waals surface area contributed by atoms with Gasteiger partial charge in [0.25, 0.3) is 0 Å². The minimum Gasteiger partial charge on any atom is -0.376 e. The Morgan fingerprint density at radius 1 is 1.22 bits per heavy atom. The van der Waals surface area contributed by atoms with Gasteiger partial charge in [-0.05, 0) is 67.6 Å². The molecule has 2 saturated carbocycles. The van der Waals surface area contributed by atoms with Crippen molar-refractivity contribution in [2.24, 2.45) is 17.8 Å². The molecule has 0 N–H and O–H groups in total. The molecule has 2 aliphatic carbocycles. The van der Waals surface area contributed by atoms with E-state index in [4.69, 9.17) is 9.26 Å². The third-order valence-electron chi connectivity index (χ3n) is 7.08. The maximum atomic E-state index is 14.2. The van der Waals surface area contributed by atoms with Crippen molar-refractivity contribution in [1.82, 2.24) is 10.1 Å². The van der Waals surface area contributed by atoms with Gasteiger partial charge >= 0.3 is 6.01 Å². The monoisotopic (exact) mass is 463 g/mol. The average molecular weight is 464 g/mol. The van der Waals surface area contributed by atoms with E-state index in [1.54, 1.807) is 6.07 Å². The number of hydrogen-bond acceptors (Lipinski definition) is 7. The van der Waals surface area contributed by atoms with Crippen LogP contribution in [-0.2, 0) is 21.2 Å². The summed E-state index contributed by atoms with van der Waals surface area (Å²) in [7, 11) is -3.54. The molecule has 3 fully saturated rings. The van der Waals surface area contributed by atoms with Crippen LogP contribution >= 0.6 is 0 Å². The van der Waals surface area contributed by atoms with Crippen LogP contribution in [0.5, 0.6) is 0 Å². The van der Waals surface area contributed by atoms with Crippen molar-refractivity contribution >= 4 is 15.9 Å². The zero-order valence-corrected chi connectivity index (χ0v) is 19.2. The second kappa shape index (κ2) is 8.74. The SMILES string of the molecule is CCS(=O)(=O)c1ccc(COCC2CC2C2CCN(c3nc(C4CC4)no3)CC2)cc1F.